The average Bonchev–Trinajstić information content (AvgIpc) is 2.81. The van der Waals surface area contributed by atoms with Crippen LogP contribution in [0.25, 0.3) is 0 Å². The molecule has 3 fully saturated rings. The van der Waals surface area contributed by atoms with Gasteiger partial charge in [0.2, 0.25) is 0 Å². The summed E-state index contributed by atoms with van der Waals surface area (Å²) >= 11 is 0. The number of nitrogens with one attached hydrogen (secondary N) is 3. The second-order valence-corrected chi connectivity index (χ2v) is 14.6. The lowest BCUT2D eigenvalue weighted by Crippen LogP contribution is -2.58. The lowest BCUT2D eigenvalue weighted by Gasteiger charge is -2.43. The predicted molar refractivity (Wildman–Crippen MR) is 152 cm³/mol. The van der Waals surface area contributed by atoms with Crippen LogP contribution in [0.5, 0.6) is 0 Å². The Morgan fingerprint density at radius 2 is 1.75 bits per heavy atom. The van der Waals surface area contributed by atoms with Crippen LogP contribution in [-0.4, -0.2) is 81.3 Å². The molecule has 3 saturated heterocycles. The van der Waals surface area contributed by atoms with Gasteiger partial charge >= 0.3 is 5.97 Å². The minimum Gasteiger partial charge on any atom is -0.481 e. The summed E-state index contributed by atoms with van der Waals surface area (Å²) < 4.78 is 0. The van der Waals surface area contributed by atoms with Crippen molar-refractivity contribution in [3.63, 3.8) is 0 Å². The van der Waals surface area contributed by atoms with E-state index in [-0.39, 0.29) is 24.1 Å². The smallest absolute Gasteiger partial charge is 0.306 e. The molecule has 36 heavy (non-hydrogen) atoms. The van der Waals surface area contributed by atoms with Gasteiger partial charge in [-0.15, -0.1) is 0 Å². The molecule has 0 saturated carbocycles. The number of aliphatic carboxylic acids is 1. The number of fused-ring (bicyclic) bond motifs is 2. The first-order valence-electron chi connectivity index (χ1n) is 14.3. The Kier molecular flexibility index (Phi) is 12.7. The normalized spacial score (nSPS) is 38.6. The van der Waals surface area contributed by atoms with Gasteiger partial charge in [0.05, 0.1) is 18.1 Å². The van der Waals surface area contributed by atoms with Crippen molar-refractivity contribution < 1.29 is 20.1 Å². The Hall–Kier alpha value is -0.0300. The van der Waals surface area contributed by atoms with Crippen LogP contribution in [-0.2, 0) is 4.79 Å². The van der Waals surface area contributed by atoms with E-state index in [4.69, 9.17) is 0 Å². The van der Waals surface area contributed by atoms with Gasteiger partial charge in [-0.05, 0) is 71.3 Å². The number of rotatable bonds is 10. The standard InChI is InChI=1S/C27H51N3O4S2/c1-20-24(31)11-10-22(30-20)9-7-5-3-4-6-8-21-14-27(34,16-25(32)33)19-29-26(2)12-13-28-23(15-26)18-36-35-17-21/h20-24,28-31,34H,3-19H2,1-2H3,(H,32,33)/t20-,21-,22+,23-,24+,26+,27+/m0/s1. The zero-order chi connectivity index (χ0) is 26.0. The highest BCUT2D eigenvalue weighted by molar-refractivity contribution is 8.76. The number of hydrogen-bond donors (Lipinski definition) is 6. The van der Waals surface area contributed by atoms with Crippen molar-refractivity contribution in [2.45, 2.75) is 133 Å². The average molecular weight is 546 g/mol. The van der Waals surface area contributed by atoms with Gasteiger partial charge in [-0.25, -0.2) is 0 Å². The van der Waals surface area contributed by atoms with Crippen LogP contribution in [0.4, 0.5) is 0 Å². The minimum absolute atomic E-state index is 0.0622. The second-order valence-electron chi connectivity index (χ2n) is 12.1. The van der Waals surface area contributed by atoms with Crippen molar-refractivity contribution in [3.05, 3.63) is 0 Å². The fourth-order valence-corrected chi connectivity index (χ4v) is 8.96. The molecule has 3 aliphatic heterocycles. The minimum atomic E-state index is -1.21. The maximum absolute atomic E-state index is 11.6. The van der Waals surface area contributed by atoms with Crippen molar-refractivity contribution in [1.82, 2.24) is 16.0 Å². The van der Waals surface area contributed by atoms with Gasteiger partial charge in [0, 0.05) is 41.7 Å². The van der Waals surface area contributed by atoms with Crippen molar-refractivity contribution in [2.24, 2.45) is 5.92 Å². The van der Waals surface area contributed by atoms with Crippen LogP contribution in [0.3, 0.4) is 0 Å². The van der Waals surface area contributed by atoms with Gasteiger partial charge in [-0.1, -0.05) is 53.7 Å². The van der Waals surface area contributed by atoms with E-state index in [1.165, 1.54) is 32.1 Å². The van der Waals surface area contributed by atoms with Gasteiger partial charge in [-0.3, -0.25) is 4.79 Å². The molecular formula is C27H51N3O4S2. The van der Waals surface area contributed by atoms with E-state index in [1.54, 1.807) is 0 Å². The summed E-state index contributed by atoms with van der Waals surface area (Å²) in [5, 5.41) is 41.6. The second kappa shape index (κ2) is 14.9. The molecule has 0 aromatic heterocycles. The summed E-state index contributed by atoms with van der Waals surface area (Å²) in [7, 11) is 3.82. The van der Waals surface area contributed by atoms with E-state index in [9.17, 15) is 20.1 Å². The number of piperidine rings is 2. The quantitative estimate of drug-likeness (QED) is 0.180. The molecule has 0 unspecified atom stereocenters. The Bertz CT molecular complexity index is 675. The molecule has 9 heteroatoms. The predicted octanol–water partition coefficient (Wildman–Crippen LogP) is 3.93. The van der Waals surface area contributed by atoms with Gasteiger partial charge in [-0.2, -0.15) is 0 Å². The van der Waals surface area contributed by atoms with Crippen molar-refractivity contribution >= 4 is 27.6 Å². The lowest BCUT2D eigenvalue weighted by molar-refractivity contribution is -0.143. The first-order chi connectivity index (χ1) is 17.2. The molecule has 3 rings (SSSR count). The molecule has 7 atom stereocenters. The third-order valence-electron chi connectivity index (χ3n) is 8.51. The fourth-order valence-electron chi connectivity index (χ4n) is 6.24. The van der Waals surface area contributed by atoms with Crippen molar-refractivity contribution in [2.75, 3.05) is 24.6 Å². The Balaban J connectivity index is 1.43. The van der Waals surface area contributed by atoms with Gasteiger partial charge in [0.1, 0.15) is 0 Å². The summed E-state index contributed by atoms with van der Waals surface area (Å²) in [6.45, 7) is 5.60. The highest BCUT2D eigenvalue weighted by atomic mass is 33.1. The third kappa shape index (κ3) is 10.6. The number of aliphatic hydroxyl groups is 2. The highest BCUT2D eigenvalue weighted by Crippen LogP contribution is 2.35. The summed E-state index contributed by atoms with van der Waals surface area (Å²) in [5.41, 5.74) is -1.27. The molecular weight excluding hydrogens is 494 g/mol. The molecule has 6 N–H and O–H groups in total. The molecule has 0 radical (unpaired) electrons. The number of β-amino-alcohol motifs (C(OH)–C–C–N with tert-alkyl or cyclic N) is 1. The number of carboxylic acids is 1. The lowest BCUT2D eigenvalue weighted by atomic mass is 9.82. The van der Waals surface area contributed by atoms with Crippen molar-refractivity contribution in [3.8, 4) is 0 Å². The zero-order valence-corrected chi connectivity index (χ0v) is 24.1. The van der Waals surface area contributed by atoms with Gasteiger partial charge < -0.3 is 31.3 Å². The highest BCUT2D eigenvalue weighted by Gasteiger charge is 2.38. The molecule has 0 spiro atoms. The largest absolute Gasteiger partial charge is 0.481 e. The summed E-state index contributed by atoms with van der Waals surface area (Å²) in [4.78, 5) is 11.6. The maximum Gasteiger partial charge on any atom is 0.306 e. The van der Waals surface area contributed by atoms with Gasteiger partial charge in [0.25, 0.3) is 0 Å². The summed E-state index contributed by atoms with van der Waals surface area (Å²) in [5.74, 6) is 1.46. The number of unbranched alkanes of at least 4 members (excludes halogenated alkanes) is 4. The van der Waals surface area contributed by atoms with Crippen LogP contribution in [0.2, 0.25) is 0 Å². The van der Waals surface area contributed by atoms with E-state index in [2.05, 4.69) is 29.8 Å². The first kappa shape index (κ1) is 30.5. The SMILES string of the molecule is C[C@@H]1N[C@H](CCCCCCC[C@@H]2CSSC[C@@H]3C[C@@](C)(CCN3)NC[C@](O)(CC(=O)O)C2)CC[C@H]1O. The molecule has 3 heterocycles. The molecule has 7 nitrogen and oxygen atoms in total. The van der Waals surface area contributed by atoms with Crippen molar-refractivity contribution in [1.29, 1.82) is 0 Å². The van der Waals surface area contributed by atoms with Crippen LogP contribution in [0, 0.1) is 5.92 Å². The summed E-state index contributed by atoms with van der Waals surface area (Å²) in [6, 6.07) is 1.21. The number of carboxylic acid groups (broad SMARTS) is 1. The van der Waals surface area contributed by atoms with Crippen LogP contribution < -0.4 is 16.0 Å². The maximum atomic E-state index is 11.6. The summed E-state index contributed by atoms with van der Waals surface area (Å²) in [6.07, 6.45) is 12.4. The van der Waals surface area contributed by atoms with Crippen LogP contribution in [0.1, 0.15) is 97.3 Å². The van der Waals surface area contributed by atoms with E-state index in [0.29, 0.717) is 31.0 Å². The monoisotopic (exact) mass is 545 g/mol. The molecule has 0 aromatic rings. The first-order valence-corrected chi connectivity index (χ1v) is 16.8. The zero-order valence-electron chi connectivity index (χ0n) is 22.5. The number of hydrogen-bond acceptors (Lipinski definition) is 8. The molecule has 0 aliphatic carbocycles. The number of aliphatic hydroxyl groups excluding tert-OH is 1. The van der Waals surface area contributed by atoms with E-state index < -0.39 is 11.6 Å². The molecule has 210 valence electrons. The van der Waals surface area contributed by atoms with E-state index >= 15 is 0 Å². The topological polar surface area (TPSA) is 114 Å². The Morgan fingerprint density at radius 3 is 2.50 bits per heavy atom. The molecule has 2 bridgehead atoms. The van der Waals surface area contributed by atoms with E-state index in [1.807, 2.05) is 21.6 Å². The van der Waals surface area contributed by atoms with Crippen LogP contribution in [0.15, 0.2) is 0 Å². The van der Waals surface area contributed by atoms with Gasteiger partial charge in [0.15, 0.2) is 0 Å². The fraction of sp³-hybridized carbons (Fsp3) is 0.963. The third-order valence-corrected chi connectivity index (χ3v) is 11.1. The molecule has 0 amide bonds. The number of carbonyl (C=O) groups is 1. The Labute approximate surface area is 226 Å². The molecule has 0 aromatic carbocycles. The molecule has 3 aliphatic rings. The van der Waals surface area contributed by atoms with E-state index in [0.717, 1.165) is 56.6 Å². The Morgan fingerprint density at radius 1 is 1.03 bits per heavy atom. The van der Waals surface area contributed by atoms with Crippen LogP contribution >= 0.6 is 21.6 Å².